The van der Waals surface area contributed by atoms with E-state index in [9.17, 15) is 4.79 Å². The Morgan fingerprint density at radius 3 is 1.59 bits per heavy atom. The Kier molecular flexibility index (Phi) is 10.3. The van der Waals surface area contributed by atoms with Crippen molar-refractivity contribution >= 4 is 51.0 Å². The van der Waals surface area contributed by atoms with E-state index in [0.717, 1.165) is 5.90 Å². The molecule has 1 unspecified atom stereocenters. The van der Waals surface area contributed by atoms with Crippen LogP contribution in [-0.4, -0.2) is 57.0 Å². The van der Waals surface area contributed by atoms with Gasteiger partial charge in [-0.15, -0.1) is 0 Å². The Balaban J connectivity index is 5.63. The van der Waals surface area contributed by atoms with Crippen molar-refractivity contribution in [1.29, 1.82) is 0 Å². The van der Waals surface area contributed by atoms with Crippen LogP contribution in [0.3, 0.4) is 0 Å². The van der Waals surface area contributed by atoms with Gasteiger partial charge in [0.15, 0.2) is 20.0 Å². The molecule has 29 heavy (non-hydrogen) atoms. The molecule has 6 nitrogen and oxygen atoms in total. The van der Waals surface area contributed by atoms with Crippen molar-refractivity contribution < 1.29 is 18.1 Å². The molecule has 0 radical (unpaired) electrons. The van der Waals surface area contributed by atoms with Crippen LogP contribution in [0.2, 0.25) is 78.6 Å². The predicted octanol–water partition coefficient (Wildman–Crippen LogP) is 5.87. The first kappa shape index (κ1) is 28.3. The van der Waals surface area contributed by atoms with Crippen molar-refractivity contribution in [2.75, 3.05) is 0 Å². The lowest BCUT2D eigenvalue weighted by Crippen LogP contribution is -2.37. The van der Waals surface area contributed by atoms with Gasteiger partial charge in [-0.1, -0.05) is 0 Å². The van der Waals surface area contributed by atoms with E-state index in [2.05, 4.69) is 63.9 Å². The number of carbonyl (C=O) groups is 1. The van der Waals surface area contributed by atoms with Gasteiger partial charge in [0.25, 0.3) is 0 Å². The summed E-state index contributed by atoms with van der Waals surface area (Å²) in [5.74, 6) is 1.03. The third kappa shape index (κ3) is 16.7. The summed E-state index contributed by atoms with van der Waals surface area (Å²) in [5.41, 5.74) is 0. The lowest BCUT2D eigenvalue weighted by molar-refractivity contribution is -0.136. The number of nitrogens with zero attached hydrogens (tertiary/aromatic N) is 2. The summed E-state index contributed by atoms with van der Waals surface area (Å²) in [6.45, 7) is 27.1. The summed E-state index contributed by atoms with van der Waals surface area (Å²) in [5, 5.41) is 0. The number of aliphatic imine (C=N–C) groups is 1. The van der Waals surface area contributed by atoms with E-state index in [1.807, 2.05) is 26.6 Å². The molecule has 0 saturated carbocycles. The molecule has 0 aliphatic carbocycles. The molecule has 1 atom stereocenters. The minimum atomic E-state index is -2.01. The van der Waals surface area contributed by atoms with Gasteiger partial charge in [-0.05, 0) is 85.0 Å². The summed E-state index contributed by atoms with van der Waals surface area (Å²) in [7, 11) is -7.30. The van der Waals surface area contributed by atoms with Gasteiger partial charge in [0.05, 0.1) is 0 Å². The molecule has 0 saturated heterocycles. The zero-order chi connectivity index (χ0) is 23.3. The summed E-state index contributed by atoms with van der Waals surface area (Å²) in [6, 6.07) is -0.602. The van der Waals surface area contributed by atoms with E-state index in [1.54, 1.807) is 0 Å². The van der Waals surface area contributed by atoms with E-state index in [1.165, 1.54) is 0 Å². The van der Waals surface area contributed by atoms with Crippen molar-refractivity contribution in [3.8, 4) is 0 Å². The van der Waals surface area contributed by atoms with Crippen molar-refractivity contribution in [2.24, 2.45) is 9.65 Å². The second-order valence-electron chi connectivity index (χ2n) is 11.3. The second-order valence-corrected chi connectivity index (χ2v) is 29.2. The van der Waals surface area contributed by atoms with Crippen LogP contribution in [0.4, 0.5) is 0 Å². The number of rotatable bonds is 9. The van der Waals surface area contributed by atoms with Crippen molar-refractivity contribution in [3.63, 3.8) is 0 Å². The lowest BCUT2D eigenvalue weighted by Gasteiger charge is -2.25. The highest BCUT2D eigenvalue weighted by atomic mass is 28.4. The smallest absolute Gasteiger partial charge is 0.317 e. The van der Waals surface area contributed by atoms with Gasteiger partial charge in [-0.25, -0.2) is 4.99 Å². The quantitative estimate of drug-likeness (QED) is 0.237. The van der Waals surface area contributed by atoms with Crippen LogP contribution >= 0.6 is 0 Å². The fourth-order valence-electron chi connectivity index (χ4n) is 2.41. The normalized spacial score (nSPS) is 15.8. The van der Waals surface area contributed by atoms with Gasteiger partial charge < -0.3 is 13.3 Å². The van der Waals surface area contributed by atoms with Crippen molar-refractivity contribution in [3.05, 3.63) is 0 Å². The Bertz CT molecular complexity index is 610. The number of carbonyl (C=O) groups excluding carboxylic acids is 1. The van der Waals surface area contributed by atoms with Gasteiger partial charge in [-0.2, -0.15) is 0 Å². The molecular weight excluding hydrogens is 433 g/mol. The van der Waals surface area contributed by atoms with E-state index < -0.39 is 39.2 Å². The maximum atomic E-state index is 12.8. The Morgan fingerprint density at radius 1 is 0.759 bits per heavy atom. The summed E-state index contributed by atoms with van der Waals surface area (Å²) in [4.78, 5) is 17.4. The highest BCUT2D eigenvalue weighted by Crippen LogP contribution is 2.17. The zero-order valence-corrected chi connectivity index (χ0v) is 25.0. The third-order valence-corrected chi connectivity index (χ3v) is 6.48. The van der Waals surface area contributed by atoms with Crippen LogP contribution < -0.4 is 0 Å². The molecule has 10 heteroatoms. The molecule has 0 bridgehead atoms. The van der Waals surface area contributed by atoms with Crippen LogP contribution in [0.25, 0.3) is 0 Å². The molecule has 0 aromatic carbocycles. The minimum Gasteiger partial charge on any atom is -0.535 e. The summed E-state index contributed by atoms with van der Waals surface area (Å²) in [6.07, 6.45) is 1.08. The first-order valence-corrected chi connectivity index (χ1v) is 24.1. The molecule has 0 N–H and O–H groups in total. The minimum absolute atomic E-state index is 0.275. The lowest BCUT2D eigenvalue weighted by atomic mass is 10.1. The van der Waals surface area contributed by atoms with E-state index in [0.29, 0.717) is 18.7 Å². The summed E-state index contributed by atoms with van der Waals surface area (Å²) >= 11 is 0. The molecule has 0 aliphatic heterocycles. The predicted molar refractivity (Wildman–Crippen MR) is 135 cm³/mol. The van der Waals surface area contributed by atoms with E-state index >= 15 is 0 Å². The van der Waals surface area contributed by atoms with Crippen LogP contribution in [-0.2, 0) is 18.1 Å². The average molecular weight is 477 g/mol. The second kappa shape index (κ2) is 10.5. The van der Waals surface area contributed by atoms with Gasteiger partial charge in [-0.3, -0.25) is 9.45 Å². The fourth-order valence-corrected chi connectivity index (χ4v) is 5.94. The van der Waals surface area contributed by atoms with Gasteiger partial charge in [0.1, 0.15) is 6.04 Å². The maximum absolute atomic E-state index is 12.8. The topological polar surface area (TPSA) is 69.5 Å². The zero-order valence-electron chi connectivity index (χ0n) is 21.0. The maximum Gasteiger partial charge on any atom is 0.317 e. The number of hydrogen-bond donors (Lipinski definition) is 0. The van der Waals surface area contributed by atoms with Crippen molar-refractivity contribution in [2.45, 2.75) is 104 Å². The van der Waals surface area contributed by atoms with E-state index in [-0.39, 0.29) is 5.97 Å². The molecule has 170 valence electrons. The molecule has 0 aromatic heterocycles. The molecule has 0 spiro atoms. The van der Waals surface area contributed by atoms with Gasteiger partial charge in [0, 0.05) is 13.3 Å². The molecule has 0 fully saturated rings. The fraction of sp³-hybridized carbons (Fsp3) is 0.842. The SMILES string of the molecule is CC(=NC(CC/C(=N\[Si](C)(C)C)O[Si](C)(C)C)C(=O)O[Si](C)(C)C)O[Si](C)(C)C. The Labute approximate surface area is 183 Å². The molecule has 0 aliphatic rings. The van der Waals surface area contributed by atoms with Crippen LogP contribution in [0, 0.1) is 0 Å². The highest BCUT2D eigenvalue weighted by molar-refractivity contribution is 6.76. The highest BCUT2D eigenvalue weighted by Gasteiger charge is 2.29. The molecule has 0 amide bonds. The monoisotopic (exact) mass is 476 g/mol. The van der Waals surface area contributed by atoms with Crippen molar-refractivity contribution in [1.82, 2.24) is 0 Å². The van der Waals surface area contributed by atoms with E-state index in [4.69, 9.17) is 17.9 Å². The first-order chi connectivity index (χ1) is 12.7. The standard InChI is InChI=1S/C19H44N2O4Si4/c1-16(23-27(5,6)7)20-17(19(22)25-29(11,12)13)14-15-18(21-26(2,3)4)24-28(8,9)10/h17H,14-15H2,1-13H3/b20-16?,21-18+. The molecular formula is C19H44N2O4Si4. The third-order valence-electron chi connectivity index (χ3n) is 2.99. The largest absolute Gasteiger partial charge is 0.535 e. The summed E-state index contributed by atoms with van der Waals surface area (Å²) < 4.78 is 22.8. The number of hydrogen-bond acceptors (Lipinski definition) is 6. The Hall–Kier alpha value is -0.722. The molecule has 0 rings (SSSR count). The van der Waals surface area contributed by atoms with Crippen LogP contribution in [0.1, 0.15) is 19.8 Å². The molecule has 0 aromatic rings. The Morgan fingerprint density at radius 2 is 1.21 bits per heavy atom. The molecule has 0 heterocycles. The van der Waals surface area contributed by atoms with Crippen LogP contribution in [0.5, 0.6) is 0 Å². The average Bonchev–Trinajstić information content (AvgIpc) is 2.35. The first-order valence-electron chi connectivity index (χ1n) is 10.4. The van der Waals surface area contributed by atoms with Gasteiger partial charge >= 0.3 is 5.97 Å². The van der Waals surface area contributed by atoms with Crippen LogP contribution in [0.15, 0.2) is 9.65 Å². The van der Waals surface area contributed by atoms with Gasteiger partial charge in [0.2, 0.25) is 25.0 Å².